The molecule has 0 bridgehead atoms. The quantitative estimate of drug-likeness (QED) is 0.679. The molecule has 0 aromatic carbocycles. The fraction of sp³-hybridized carbons (Fsp3) is 0.750. The highest BCUT2D eigenvalue weighted by Crippen LogP contribution is 2.23. The topological polar surface area (TPSA) is 107 Å². The maximum absolute atomic E-state index is 11.9. The van der Waals surface area contributed by atoms with E-state index in [2.05, 4.69) is 19.2 Å². The van der Waals surface area contributed by atoms with Gasteiger partial charge in [0.25, 0.3) is 0 Å². The fourth-order valence-electron chi connectivity index (χ4n) is 2.13. The second-order valence-corrected chi connectivity index (χ2v) is 5.18. The van der Waals surface area contributed by atoms with Crippen molar-refractivity contribution in [3.63, 3.8) is 0 Å². The molecule has 1 heterocycles. The first-order valence-corrected chi connectivity index (χ1v) is 6.31. The van der Waals surface area contributed by atoms with Gasteiger partial charge in [-0.3, -0.25) is 4.79 Å². The number of carboxylic acid groups (broad SMARTS) is 2. The standard InChI is InChI=1S/C12H20N2O5/c1-7(2)8-3-4-14(6-8)12(19)13-9(11(17)18)5-10(15)16/h7-9H,3-6H2,1-2H3,(H,13,19)(H,15,16)(H,17,18)/t8?,9-/m0/s1. The van der Waals surface area contributed by atoms with E-state index < -0.39 is 30.4 Å². The van der Waals surface area contributed by atoms with Crippen molar-refractivity contribution in [3.8, 4) is 0 Å². The van der Waals surface area contributed by atoms with E-state index >= 15 is 0 Å². The summed E-state index contributed by atoms with van der Waals surface area (Å²) in [7, 11) is 0. The summed E-state index contributed by atoms with van der Waals surface area (Å²) < 4.78 is 0. The van der Waals surface area contributed by atoms with Crippen LogP contribution in [0.4, 0.5) is 4.79 Å². The summed E-state index contributed by atoms with van der Waals surface area (Å²) in [5, 5.41) is 19.7. The molecule has 1 saturated heterocycles. The number of carbonyl (C=O) groups is 3. The molecule has 1 unspecified atom stereocenters. The molecule has 7 heteroatoms. The van der Waals surface area contributed by atoms with Crippen molar-refractivity contribution in [1.29, 1.82) is 0 Å². The van der Waals surface area contributed by atoms with Crippen LogP contribution in [0.1, 0.15) is 26.7 Å². The maximum atomic E-state index is 11.9. The number of nitrogens with zero attached hydrogens (tertiary/aromatic N) is 1. The van der Waals surface area contributed by atoms with Crippen LogP contribution in [0.2, 0.25) is 0 Å². The van der Waals surface area contributed by atoms with Crippen LogP contribution < -0.4 is 5.32 Å². The average Bonchev–Trinajstić information content (AvgIpc) is 2.76. The number of amides is 2. The third kappa shape index (κ3) is 4.42. The van der Waals surface area contributed by atoms with Crippen LogP contribution in [-0.4, -0.2) is 52.2 Å². The molecule has 0 aromatic rings. The molecule has 7 nitrogen and oxygen atoms in total. The fourth-order valence-corrected chi connectivity index (χ4v) is 2.13. The van der Waals surface area contributed by atoms with E-state index in [9.17, 15) is 14.4 Å². The SMILES string of the molecule is CC(C)C1CCN(C(=O)N[C@@H](CC(=O)O)C(=O)O)C1. The van der Waals surface area contributed by atoms with E-state index in [0.29, 0.717) is 24.9 Å². The average molecular weight is 272 g/mol. The zero-order valence-corrected chi connectivity index (χ0v) is 11.1. The number of urea groups is 1. The summed E-state index contributed by atoms with van der Waals surface area (Å²) in [6, 6.07) is -1.89. The molecule has 0 spiro atoms. The summed E-state index contributed by atoms with van der Waals surface area (Å²) in [6.07, 6.45) is 0.268. The van der Waals surface area contributed by atoms with E-state index in [1.807, 2.05) is 0 Å². The molecule has 0 aromatic heterocycles. The first-order valence-electron chi connectivity index (χ1n) is 6.31. The summed E-state index contributed by atoms with van der Waals surface area (Å²) in [5.74, 6) is -1.72. The molecule has 0 radical (unpaired) electrons. The number of hydrogen-bond donors (Lipinski definition) is 3. The van der Waals surface area contributed by atoms with Gasteiger partial charge in [-0.15, -0.1) is 0 Å². The Balaban J connectivity index is 2.54. The van der Waals surface area contributed by atoms with Crippen LogP contribution in [0.3, 0.4) is 0 Å². The number of nitrogens with one attached hydrogen (secondary N) is 1. The van der Waals surface area contributed by atoms with Crippen molar-refractivity contribution < 1.29 is 24.6 Å². The van der Waals surface area contributed by atoms with Crippen molar-refractivity contribution in [2.24, 2.45) is 11.8 Å². The lowest BCUT2D eigenvalue weighted by Crippen LogP contribution is -2.48. The van der Waals surface area contributed by atoms with Gasteiger partial charge in [-0.25, -0.2) is 9.59 Å². The molecular formula is C12H20N2O5. The second kappa shape index (κ2) is 6.40. The van der Waals surface area contributed by atoms with Gasteiger partial charge in [0.05, 0.1) is 6.42 Å². The third-order valence-electron chi connectivity index (χ3n) is 3.43. The maximum Gasteiger partial charge on any atom is 0.326 e. The van der Waals surface area contributed by atoms with Crippen LogP contribution in [0.15, 0.2) is 0 Å². The van der Waals surface area contributed by atoms with Gasteiger partial charge in [0.1, 0.15) is 6.04 Å². The summed E-state index contributed by atoms with van der Waals surface area (Å²) in [5.41, 5.74) is 0. The minimum atomic E-state index is -1.39. The summed E-state index contributed by atoms with van der Waals surface area (Å²) in [6.45, 7) is 5.32. The molecule has 1 aliphatic rings. The Bertz CT molecular complexity index is 369. The van der Waals surface area contributed by atoms with Gasteiger partial charge in [0.15, 0.2) is 0 Å². The van der Waals surface area contributed by atoms with Gasteiger partial charge in [-0.2, -0.15) is 0 Å². The smallest absolute Gasteiger partial charge is 0.326 e. The molecule has 0 aliphatic carbocycles. The van der Waals surface area contributed by atoms with Crippen LogP contribution in [-0.2, 0) is 9.59 Å². The normalized spacial score (nSPS) is 20.4. The molecule has 2 amide bonds. The van der Waals surface area contributed by atoms with Crippen LogP contribution in [0.25, 0.3) is 0 Å². The summed E-state index contributed by atoms with van der Waals surface area (Å²) >= 11 is 0. The number of carbonyl (C=O) groups excluding carboxylic acids is 1. The first kappa shape index (κ1) is 15.3. The Morgan fingerprint density at radius 3 is 2.37 bits per heavy atom. The Morgan fingerprint density at radius 1 is 1.32 bits per heavy atom. The van der Waals surface area contributed by atoms with Crippen molar-refractivity contribution in [1.82, 2.24) is 10.2 Å². The number of aliphatic carboxylic acids is 2. The van der Waals surface area contributed by atoms with Crippen molar-refractivity contribution in [2.75, 3.05) is 13.1 Å². The van der Waals surface area contributed by atoms with Crippen molar-refractivity contribution in [2.45, 2.75) is 32.7 Å². The highest BCUT2D eigenvalue weighted by Gasteiger charge is 2.31. The predicted octanol–water partition coefficient (Wildman–Crippen LogP) is 0.602. The lowest BCUT2D eigenvalue weighted by Gasteiger charge is -2.21. The molecule has 19 heavy (non-hydrogen) atoms. The molecule has 1 fully saturated rings. The minimum Gasteiger partial charge on any atom is -0.481 e. The number of likely N-dealkylation sites (tertiary alicyclic amines) is 1. The largest absolute Gasteiger partial charge is 0.481 e. The van der Waals surface area contributed by atoms with E-state index in [0.717, 1.165) is 6.42 Å². The van der Waals surface area contributed by atoms with Gasteiger partial charge in [0, 0.05) is 13.1 Å². The Kier molecular flexibility index (Phi) is 5.14. The Morgan fingerprint density at radius 2 is 1.95 bits per heavy atom. The molecule has 1 rings (SSSR count). The summed E-state index contributed by atoms with van der Waals surface area (Å²) in [4.78, 5) is 34.8. The van der Waals surface area contributed by atoms with E-state index in [-0.39, 0.29) is 0 Å². The first-order chi connectivity index (χ1) is 8.81. The van der Waals surface area contributed by atoms with Gasteiger partial charge < -0.3 is 20.4 Å². The highest BCUT2D eigenvalue weighted by atomic mass is 16.4. The van der Waals surface area contributed by atoms with Crippen LogP contribution >= 0.6 is 0 Å². The molecule has 3 N–H and O–H groups in total. The Labute approximate surface area is 111 Å². The monoisotopic (exact) mass is 272 g/mol. The molecular weight excluding hydrogens is 252 g/mol. The minimum absolute atomic E-state index is 0.411. The zero-order valence-electron chi connectivity index (χ0n) is 11.1. The van der Waals surface area contributed by atoms with Gasteiger partial charge >= 0.3 is 18.0 Å². The molecule has 108 valence electrons. The number of carboxylic acids is 2. The zero-order chi connectivity index (χ0) is 14.6. The predicted molar refractivity (Wildman–Crippen MR) is 66.7 cm³/mol. The van der Waals surface area contributed by atoms with Crippen LogP contribution in [0.5, 0.6) is 0 Å². The van der Waals surface area contributed by atoms with E-state index in [1.165, 1.54) is 0 Å². The molecule has 0 saturated carbocycles. The van der Waals surface area contributed by atoms with Crippen LogP contribution in [0, 0.1) is 11.8 Å². The second-order valence-electron chi connectivity index (χ2n) is 5.18. The molecule has 1 aliphatic heterocycles. The Hall–Kier alpha value is -1.79. The number of rotatable bonds is 5. The highest BCUT2D eigenvalue weighted by molar-refractivity contribution is 5.86. The van der Waals surface area contributed by atoms with Crippen molar-refractivity contribution >= 4 is 18.0 Å². The van der Waals surface area contributed by atoms with E-state index in [1.54, 1.807) is 4.90 Å². The van der Waals surface area contributed by atoms with Crippen molar-refractivity contribution in [3.05, 3.63) is 0 Å². The van der Waals surface area contributed by atoms with E-state index in [4.69, 9.17) is 10.2 Å². The lowest BCUT2D eigenvalue weighted by atomic mass is 9.95. The van der Waals surface area contributed by atoms with Gasteiger partial charge in [-0.1, -0.05) is 13.8 Å². The lowest BCUT2D eigenvalue weighted by molar-refractivity contribution is -0.145. The van der Waals surface area contributed by atoms with Gasteiger partial charge in [-0.05, 0) is 18.3 Å². The van der Waals surface area contributed by atoms with Gasteiger partial charge in [0.2, 0.25) is 0 Å². The third-order valence-corrected chi connectivity index (χ3v) is 3.43. The number of hydrogen-bond acceptors (Lipinski definition) is 3. The molecule has 2 atom stereocenters.